The van der Waals surface area contributed by atoms with Crippen molar-refractivity contribution in [1.82, 2.24) is 0 Å². The summed E-state index contributed by atoms with van der Waals surface area (Å²) in [6.45, 7) is 6.23. The Labute approximate surface area is 118 Å². The Morgan fingerprint density at radius 2 is 2.11 bits per heavy atom. The first-order valence-corrected chi connectivity index (χ1v) is 7.39. The monoisotopic (exact) mass is 311 g/mol. The Bertz CT molecular complexity index is 420. The zero-order chi connectivity index (χ0) is 13.1. The highest BCUT2D eigenvalue weighted by Crippen LogP contribution is 2.37. The van der Waals surface area contributed by atoms with E-state index < -0.39 is 0 Å². The summed E-state index contributed by atoms with van der Waals surface area (Å²) in [6, 6.07) is 4.43. The molecule has 2 rings (SSSR count). The van der Waals surface area contributed by atoms with Crippen molar-refractivity contribution in [1.29, 1.82) is 0 Å². The third-order valence-electron chi connectivity index (χ3n) is 3.52. The molecule has 4 heteroatoms. The second-order valence-corrected chi connectivity index (χ2v) is 5.91. The van der Waals surface area contributed by atoms with Crippen LogP contribution in [0.3, 0.4) is 0 Å². The molecule has 2 N–H and O–H groups in total. The van der Waals surface area contributed by atoms with Crippen LogP contribution in [0.15, 0.2) is 16.6 Å². The number of halogens is 1. The number of rotatable bonds is 3. The lowest BCUT2D eigenvalue weighted by Gasteiger charge is -2.27. The third kappa shape index (κ3) is 2.81. The van der Waals surface area contributed by atoms with E-state index >= 15 is 0 Å². The minimum Gasteiger partial charge on any atom is -0.373 e. The average molecular weight is 312 g/mol. The number of benzene rings is 1. The molecule has 0 aliphatic carbocycles. The number of nitrogens with zero attached hydrogens (tertiary/aromatic N) is 2. The van der Waals surface area contributed by atoms with Gasteiger partial charge in [0.15, 0.2) is 0 Å². The number of anilines is 2. The lowest BCUT2D eigenvalue weighted by Crippen LogP contribution is -2.26. The van der Waals surface area contributed by atoms with Crippen LogP contribution < -0.4 is 15.5 Å². The second-order valence-electron chi connectivity index (χ2n) is 4.99. The largest absolute Gasteiger partial charge is 0.373 e. The fourth-order valence-corrected chi connectivity index (χ4v) is 3.26. The van der Waals surface area contributed by atoms with Gasteiger partial charge in [0, 0.05) is 31.2 Å². The molecule has 0 saturated carbocycles. The van der Waals surface area contributed by atoms with Gasteiger partial charge in [0.1, 0.15) is 0 Å². The molecule has 18 heavy (non-hydrogen) atoms. The average Bonchev–Trinajstić information content (AvgIpc) is 2.46. The van der Waals surface area contributed by atoms with Gasteiger partial charge in [-0.1, -0.05) is 15.9 Å². The zero-order valence-corrected chi connectivity index (χ0v) is 12.8. The molecule has 1 heterocycles. The van der Waals surface area contributed by atoms with Crippen molar-refractivity contribution in [2.45, 2.75) is 19.8 Å². The third-order valence-corrected chi connectivity index (χ3v) is 3.98. The van der Waals surface area contributed by atoms with Gasteiger partial charge in [-0.3, -0.25) is 0 Å². The highest BCUT2D eigenvalue weighted by molar-refractivity contribution is 9.10. The van der Waals surface area contributed by atoms with Crippen LogP contribution in [-0.4, -0.2) is 33.2 Å². The quantitative estimate of drug-likeness (QED) is 0.931. The molecule has 0 amide bonds. The SMILES string of the molecule is Cc1cc(Br)cc2c1N(C)CCCN2CCCN. The van der Waals surface area contributed by atoms with Gasteiger partial charge in [0.25, 0.3) is 0 Å². The molecule has 0 atom stereocenters. The summed E-state index contributed by atoms with van der Waals surface area (Å²) < 4.78 is 1.16. The van der Waals surface area contributed by atoms with Crippen LogP contribution in [-0.2, 0) is 0 Å². The summed E-state index contributed by atoms with van der Waals surface area (Å²) in [4.78, 5) is 4.85. The Hall–Kier alpha value is -0.740. The first-order valence-electron chi connectivity index (χ1n) is 6.60. The fourth-order valence-electron chi connectivity index (χ4n) is 2.70. The van der Waals surface area contributed by atoms with Crippen LogP contribution >= 0.6 is 15.9 Å². The first kappa shape index (κ1) is 13.7. The van der Waals surface area contributed by atoms with Crippen molar-refractivity contribution < 1.29 is 0 Å². The van der Waals surface area contributed by atoms with E-state index in [4.69, 9.17) is 5.73 Å². The summed E-state index contributed by atoms with van der Waals surface area (Å²) in [5.41, 5.74) is 9.69. The number of hydrogen-bond acceptors (Lipinski definition) is 3. The van der Waals surface area contributed by atoms with Crippen molar-refractivity contribution in [3.8, 4) is 0 Å². The van der Waals surface area contributed by atoms with E-state index in [0.717, 1.165) is 37.1 Å². The van der Waals surface area contributed by atoms with Gasteiger partial charge in [0.05, 0.1) is 11.4 Å². The highest BCUT2D eigenvalue weighted by atomic mass is 79.9. The minimum absolute atomic E-state index is 0.759. The molecule has 3 nitrogen and oxygen atoms in total. The van der Waals surface area contributed by atoms with E-state index in [0.29, 0.717) is 0 Å². The molecular weight excluding hydrogens is 290 g/mol. The second kappa shape index (κ2) is 5.93. The summed E-state index contributed by atoms with van der Waals surface area (Å²) >= 11 is 3.61. The topological polar surface area (TPSA) is 32.5 Å². The van der Waals surface area contributed by atoms with E-state index in [1.165, 1.54) is 23.4 Å². The Morgan fingerprint density at radius 1 is 1.33 bits per heavy atom. The van der Waals surface area contributed by atoms with Gasteiger partial charge in [-0.05, 0) is 44.0 Å². The molecule has 1 aromatic carbocycles. The van der Waals surface area contributed by atoms with Crippen LogP contribution in [0.4, 0.5) is 11.4 Å². The lowest BCUT2D eigenvalue weighted by atomic mass is 10.1. The van der Waals surface area contributed by atoms with Crippen LogP contribution in [0.25, 0.3) is 0 Å². The molecule has 0 fully saturated rings. The summed E-state index contributed by atoms with van der Waals surface area (Å²) in [5, 5.41) is 0. The molecule has 0 aromatic heterocycles. The van der Waals surface area contributed by atoms with E-state index in [2.05, 4.69) is 51.8 Å². The maximum Gasteiger partial charge on any atom is 0.0632 e. The van der Waals surface area contributed by atoms with E-state index in [1.54, 1.807) is 0 Å². The zero-order valence-electron chi connectivity index (χ0n) is 11.2. The molecule has 1 aromatic rings. The molecule has 0 unspecified atom stereocenters. The number of nitrogens with two attached hydrogens (primary N) is 1. The Morgan fingerprint density at radius 3 is 2.83 bits per heavy atom. The van der Waals surface area contributed by atoms with Crippen molar-refractivity contribution in [3.05, 3.63) is 22.2 Å². The first-order chi connectivity index (χ1) is 8.63. The lowest BCUT2D eigenvalue weighted by molar-refractivity contribution is 0.710. The fraction of sp³-hybridized carbons (Fsp3) is 0.571. The molecule has 100 valence electrons. The predicted octanol–water partition coefficient (Wildman–Crippen LogP) is 2.75. The van der Waals surface area contributed by atoms with Crippen molar-refractivity contribution in [2.24, 2.45) is 5.73 Å². The van der Waals surface area contributed by atoms with Gasteiger partial charge in [-0.25, -0.2) is 0 Å². The van der Waals surface area contributed by atoms with Gasteiger partial charge in [-0.15, -0.1) is 0 Å². The van der Waals surface area contributed by atoms with Gasteiger partial charge in [-0.2, -0.15) is 0 Å². The molecule has 1 aliphatic heterocycles. The minimum atomic E-state index is 0.759. The summed E-state index contributed by atoms with van der Waals surface area (Å²) in [6.07, 6.45) is 2.25. The van der Waals surface area contributed by atoms with Gasteiger partial charge < -0.3 is 15.5 Å². The number of fused-ring (bicyclic) bond motifs is 1. The van der Waals surface area contributed by atoms with E-state index in [1.807, 2.05) is 0 Å². The molecule has 1 aliphatic rings. The van der Waals surface area contributed by atoms with Crippen molar-refractivity contribution in [3.63, 3.8) is 0 Å². The maximum atomic E-state index is 5.65. The van der Waals surface area contributed by atoms with Gasteiger partial charge >= 0.3 is 0 Å². The molecular formula is C14H22BrN3. The van der Waals surface area contributed by atoms with E-state index in [-0.39, 0.29) is 0 Å². The Kier molecular flexibility index (Phi) is 4.51. The van der Waals surface area contributed by atoms with Crippen molar-refractivity contribution in [2.75, 3.05) is 43.0 Å². The molecule has 0 bridgehead atoms. The van der Waals surface area contributed by atoms with Crippen LogP contribution in [0, 0.1) is 6.92 Å². The van der Waals surface area contributed by atoms with E-state index in [9.17, 15) is 0 Å². The smallest absolute Gasteiger partial charge is 0.0632 e. The predicted molar refractivity (Wildman–Crippen MR) is 82.7 cm³/mol. The van der Waals surface area contributed by atoms with Crippen LogP contribution in [0.2, 0.25) is 0 Å². The van der Waals surface area contributed by atoms with Crippen LogP contribution in [0.1, 0.15) is 18.4 Å². The summed E-state index contributed by atoms with van der Waals surface area (Å²) in [5.74, 6) is 0. The van der Waals surface area contributed by atoms with Crippen molar-refractivity contribution >= 4 is 27.3 Å². The highest BCUT2D eigenvalue weighted by Gasteiger charge is 2.20. The number of aryl methyl sites for hydroxylation is 1. The standard InChI is InChI=1S/C14H22BrN3/c1-11-9-12(15)10-13-14(11)17(2)6-4-8-18(13)7-3-5-16/h9-10H,3-8,16H2,1-2H3. The van der Waals surface area contributed by atoms with Gasteiger partial charge in [0.2, 0.25) is 0 Å². The normalized spacial score (nSPS) is 15.6. The number of hydrogen-bond donors (Lipinski definition) is 1. The molecule has 0 spiro atoms. The molecule has 0 radical (unpaired) electrons. The summed E-state index contributed by atoms with van der Waals surface area (Å²) in [7, 11) is 2.19. The Balaban J connectivity index is 2.40. The van der Waals surface area contributed by atoms with Crippen LogP contribution in [0.5, 0.6) is 0 Å². The maximum absolute atomic E-state index is 5.65. The molecule has 0 saturated heterocycles.